The van der Waals surface area contributed by atoms with Gasteiger partial charge in [-0.25, -0.2) is 18.0 Å². The SMILES string of the molecule is COC(=O)[C@@H](NC(=O)c1c(F)cc(F)cc1F)[C@@H]1CCCC(=O)C1. The monoisotopic (exact) mass is 343 g/mol. The van der Waals surface area contributed by atoms with Crippen molar-refractivity contribution >= 4 is 17.7 Å². The summed E-state index contributed by atoms with van der Waals surface area (Å²) in [4.78, 5) is 35.6. The lowest BCUT2D eigenvalue weighted by Crippen LogP contribution is -2.48. The summed E-state index contributed by atoms with van der Waals surface area (Å²) < 4.78 is 44.9. The summed E-state index contributed by atoms with van der Waals surface area (Å²) in [7, 11) is 1.10. The zero-order valence-corrected chi connectivity index (χ0v) is 12.9. The minimum Gasteiger partial charge on any atom is -0.467 e. The molecule has 5 nitrogen and oxygen atoms in total. The average Bonchev–Trinajstić information content (AvgIpc) is 2.50. The van der Waals surface area contributed by atoms with Gasteiger partial charge in [0.05, 0.1) is 7.11 Å². The molecular weight excluding hydrogens is 327 g/mol. The van der Waals surface area contributed by atoms with Crippen molar-refractivity contribution in [2.45, 2.75) is 31.7 Å². The van der Waals surface area contributed by atoms with Gasteiger partial charge in [-0.2, -0.15) is 0 Å². The fourth-order valence-electron chi connectivity index (χ4n) is 2.81. The predicted molar refractivity (Wildman–Crippen MR) is 76.6 cm³/mol. The fraction of sp³-hybridized carbons (Fsp3) is 0.438. The molecule has 0 heterocycles. The van der Waals surface area contributed by atoms with Gasteiger partial charge < -0.3 is 10.1 Å². The van der Waals surface area contributed by atoms with Crippen LogP contribution in [0.3, 0.4) is 0 Å². The number of Topliss-reactive ketones (excluding diaryl/α,β-unsaturated/α-hetero) is 1. The summed E-state index contributed by atoms with van der Waals surface area (Å²) in [6.45, 7) is 0. The zero-order valence-electron chi connectivity index (χ0n) is 12.9. The highest BCUT2D eigenvalue weighted by Gasteiger charge is 2.35. The van der Waals surface area contributed by atoms with E-state index >= 15 is 0 Å². The Bertz CT molecular complexity index is 654. The Kier molecular flexibility index (Phi) is 5.58. The molecule has 8 heteroatoms. The van der Waals surface area contributed by atoms with Crippen molar-refractivity contribution in [2.24, 2.45) is 5.92 Å². The largest absolute Gasteiger partial charge is 0.467 e. The summed E-state index contributed by atoms with van der Waals surface area (Å²) in [6.07, 6.45) is 1.49. The third kappa shape index (κ3) is 3.93. The first kappa shape index (κ1) is 18.0. The van der Waals surface area contributed by atoms with Crippen LogP contribution >= 0.6 is 0 Å². The maximum absolute atomic E-state index is 13.7. The predicted octanol–water partition coefficient (Wildman–Crippen LogP) is 2.13. The van der Waals surface area contributed by atoms with Gasteiger partial charge in [-0.05, 0) is 18.8 Å². The van der Waals surface area contributed by atoms with Gasteiger partial charge in [-0.15, -0.1) is 0 Å². The Morgan fingerprint density at radius 2 is 1.88 bits per heavy atom. The lowest BCUT2D eigenvalue weighted by atomic mass is 9.83. The number of carbonyl (C=O) groups excluding carboxylic acids is 3. The third-order valence-electron chi connectivity index (χ3n) is 3.97. The van der Waals surface area contributed by atoms with E-state index in [1.807, 2.05) is 0 Å². The number of ketones is 1. The average molecular weight is 343 g/mol. The summed E-state index contributed by atoms with van der Waals surface area (Å²) >= 11 is 0. The molecule has 0 saturated heterocycles. The normalized spacial score (nSPS) is 18.8. The quantitative estimate of drug-likeness (QED) is 0.850. The van der Waals surface area contributed by atoms with Crippen LogP contribution in [-0.2, 0) is 14.3 Å². The summed E-state index contributed by atoms with van der Waals surface area (Å²) in [5.41, 5.74) is -0.993. The molecule has 0 bridgehead atoms. The van der Waals surface area contributed by atoms with Crippen molar-refractivity contribution < 1.29 is 32.3 Å². The van der Waals surface area contributed by atoms with Crippen LogP contribution in [0.2, 0.25) is 0 Å². The van der Waals surface area contributed by atoms with E-state index in [9.17, 15) is 27.6 Å². The lowest BCUT2D eigenvalue weighted by molar-refractivity contribution is -0.145. The molecule has 24 heavy (non-hydrogen) atoms. The molecule has 0 aliphatic heterocycles. The number of hydrogen-bond donors (Lipinski definition) is 1. The molecular formula is C16H16F3NO4. The number of halogens is 3. The molecule has 1 fully saturated rings. The molecule has 0 aromatic heterocycles. The number of benzene rings is 1. The smallest absolute Gasteiger partial charge is 0.328 e. The topological polar surface area (TPSA) is 72.5 Å². The number of ether oxygens (including phenoxy) is 1. The standard InChI is InChI=1S/C16H16F3NO4/c1-24-16(23)14(8-3-2-4-10(21)5-8)20-15(22)13-11(18)6-9(17)7-12(13)19/h6-8,14H,2-5H2,1H3,(H,20,22)/t8-,14+/m1/s1. The Labute approximate surface area is 136 Å². The van der Waals surface area contributed by atoms with Crippen molar-refractivity contribution in [1.29, 1.82) is 0 Å². The summed E-state index contributed by atoms with van der Waals surface area (Å²) in [5.74, 6) is -6.53. The van der Waals surface area contributed by atoms with Crippen LogP contribution in [0.1, 0.15) is 36.0 Å². The minimum atomic E-state index is -1.38. The first-order valence-corrected chi connectivity index (χ1v) is 7.38. The fourth-order valence-corrected chi connectivity index (χ4v) is 2.81. The number of esters is 1. The number of rotatable bonds is 4. The van der Waals surface area contributed by atoms with Crippen LogP contribution in [-0.4, -0.2) is 30.8 Å². The van der Waals surface area contributed by atoms with Gasteiger partial charge in [-0.1, -0.05) is 0 Å². The molecule has 2 rings (SSSR count). The molecule has 0 radical (unpaired) electrons. The van der Waals surface area contributed by atoms with Crippen molar-refractivity contribution in [2.75, 3.05) is 7.11 Å². The van der Waals surface area contributed by atoms with Crippen molar-refractivity contribution in [3.8, 4) is 0 Å². The first-order chi connectivity index (χ1) is 11.3. The molecule has 1 aliphatic carbocycles. The molecule has 1 aliphatic rings. The molecule has 130 valence electrons. The van der Waals surface area contributed by atoms with Gasteiger partial charge in [0.15, 0.2) is 0 Å². The first-order valence-electron chi connectivity index (χ1n) is 7.38. The van der Waals surface area contributed by atoms with Crippen LogP contribution in [0.5, 0.6) is 0 Å². The number of carbonyl (C=O) groups is 3. The van der Waals surface area contributed by atoms with E-state index in [2.05, 4.69) is 10.1 Å². The lowest BCUT2D eigenvalue weighted by Gasteiger charge is -2.28. The van der Waals surface area contributed by atoms with Crippen LogP contribution in [0, 0.1) is 23.4 Å². The van der Waals surface area contributed by atoms with Crippen molar-refractivity contribution in [3.05, 3.63) is 35.1 Å². The van der Waals surface area contributed by atoms with Gasteiger partial charge in [0, 0.05) is 25.0 Å². The van der Waals surface area contributed by atoms with Gasteiger partial charge in [0.2, 0.25) is 0 Å². The number of nitrogens with one attached hydrogen (secondary N) is 1. The van der Waals surface area contributed by atoms with E-state index in [0.29, 0.717) is 31.4 Å². The molecule has 0 spiro atoms. The minimum absolute atomic E-state index is 0.0615. The maximum Gasteiger partial charge on any atom is 0.328 e. The van der Waals surface area contributed by atoms with E-state index in [1.165, 1.54) is 0 Å². The number of amides is 1. The number of methoxy groups -OCH3 is 1. The van der Waals surface area contributed by atoms with Crippen LogP contribution < -0.4 is 5.32 Å². The highest BCUT2D eigenvalue weighted by Crippen LogP contribution is 2.25. The Hall–Kier alpha value is -2.38. The van der Waals surface area contributed by atoms with E-state index in [4.69, 9.17) is 0 Å². The van der Waals surface area contributed by atoms with Gasteiger partial charge in [-0.3, -0.25) is 9.59 Å². The van der Waals surface area contributed by atoms with Crippen LogP contribution in [0.25, 0.3) is 0 Å². The maximum atomic E-state index is 13.7. The van der Waals surface area contributed by atoms with E-state index in [0.717, 1.165) is 7.11 Å². The van der Waals surface area contributed by atoms with Gasteiger partial charge in [0.25, 0.3) is 5.91 Å². The van der Waals surface area contributed by atoms with Gasteiger partial charge in [0.1, 0.15) is 34.8 Å². The second-order valence-electron chi connectivity index (χ2n) is 5.61. The Morgan fingerprint density at radius 1 is 1.25 bits per heavy atom. The summed E-state index contributed by atoms with van der Waals surface area (Å²) in [6, 6.07) is -0.472. The zero-order chi connectivity index (χ0) is 17.9. The van der Waals surface area contributed by atoms with Crippen LogP contribution in [0.15, 0.2) is 12.1 Å². The second kappa shape index (κ2) is 7.46. The third-order valence-corrected chi connectivity index (χ3v) is 3.97. The molecule has 2 atom stereocenters. The summed E-state index contributed by atoms with van der Waals surface area (Å²) in [5, 5.41) is 2.21. The van der Waals surface area contributed by atoms with E-state index < -0.39 is 46.9 Å². The van der Waals surface area contributed by atoms with Crippen molar-refractivity contribution in [1.82, 2.24) is 5.32 Å². The molecule has 1 aromatic carbocycles. The van der Waals surface area contributed by atoms with Gasteiger partial charge >= 0.3 is 5.97 Å². The second-order valence-corrected chi connectivity index (χ2v) is 5.61. The molecule has 1 aromatic rings. The molecule has 1 amide bonds. The molecule has 1 N–H and O–H groups in total. The highest BCUT2D eigenvalue weighted by atomic mass is 19.1. The van der Waals surface area contributed by atoms with E-state index in [1.54, 1.807) is 0 Å². The Morgan fingerprint density at radius 3 is 2.42 bits per heavy atom. The molecule has 0 unspecified atom stereocenters. The van der Waals surface area contributed by atoms with E-state index in [-0.39, 0.29) is 12.2 Å². The van der Waals surface area contributed by atoms with Crippen LogP contribution in [0.4, 0.5) is 13.2 Å². The Balaban J connectivity index is 2.25. The highest BCUT2D eigenvalue weighted by molar-refractivity contribution is 5.97. The number of hydrogen-bond acceptors (Lipinski definition) is 4. The van der Waals surface area contributed by atoms with Crippen molar-refractivity contribution in [3.63, 3.8) is 0 Å². The molecule has 1 saturated carbocycles.